The van der Waals surface area contributed by atoms with Crippen LogP contribution in [0.5, 0.6) is 0 Å². The number of hydrogen-bond acceptors (Lipinski definition) is 12. The fourth-order valence-electron chi connectivity index (χ4n) is 15.0. The maximum Gasteiger partial charge on any atom is 0.248 e. The predicted octanol–water partition coefficient (Wildman–Crippen LogP) is 4.03. The zero-order valence-electron chi connectivity index (χ0n) is 58.2. The van der Waals surface area contributed by atoms with Crippen LogP contribution in [0.25, 0.3) is 0 Å². The Balaban J connectivity index is 1.25. The first-order valence-corrected chi connectivity index (χ1v) is 35.0. The number of aryl methyl sites for hydroxylation is 2. The Morgan fingerprint density at radius 3 is 1.81 bits per heavy atom. The highest BCUT2D eigenvalue weighted by Gasteiger charge is 2.51. The van der Waals surface area contributed by atoms with Crippen molar-refractivity contribution in [2.45, 2.75) is 230 Å². The van der Waals surface area contributed by atoms with E-state index in [0.717, 1.165) is 81.8 Å². The minimum Gasteiger partial charge on any atom is -0.343 e. The molecule has 1 aromatic rings. The SMILES string of the molecule is CC[C@H](C)[C@@H]1NC(=O)[C@H](C)N(C)C(=O)C[C@@H](C(=O)N2CCCCC2)N(C)C(=O)[C@H](C2CCCCC2)N(C)C(=O)C2(CCCC2)NC(=O)[C@@H]2CCCN2C(=O)[C@H](CCc2ccc(C)cc2)NC(=O)CN(C)C(=O)[C@H](CC2CCCCC2)N(C)C(=O)CN(C)C(=O)CN(C)C1=O. The predicted molar refractivity (Wildman–Crippen MR) is 355 cm³/mol. The van der Waals surface area contributed by atoms with E-state index in [0.29, 0.717) is 64.5 Å². The Hall–Kier alpha value is -7.14. The van der Waals surface area contributed by atoms with Gasteiger partial charge in [0.15, 0.2) is 0 Å². The maximum atomic E-state index is 15.7. The number of amides is 12. The molecular weight excluding hydrogens is 1200 g/mol. The van der Waals surface area contributed by atoms with Gasteiger partial charge in [0.1, 0.15) is 47.8 Å². The number of benzene rings is 1. The number of likely N-dealkylation sites (tertiary alicyclic amines) is 1. The van der Waals surface area contributed by atoms with Crippen LogP contribution in [0.3, 0.4) is 0 Å². The quantitative estimate of drug-likeness (QED) is 0.316. The molecule has 7 rings (SSSR count). The van der Waals surface area contributed by atoms with Crippen molar-refractivity contribution in [1.82, 2.24) is 60.0 Å². The van der Waals surface area contributed by atoms with Gasteiger partial charge in [-0.2, -0.15) is 0 Å². The van der Waals surface area contributed by atoms with E-state index in [-0.39, 0.29) is 44.1 Å². The summed E-state index contributed by atoms with van der Waals surface area (Å²) in [5.41, 5.74) is 0.496. The molecule has 12 amide bonds. The largest absolute Gasteiger partial charge is 0.343 e. The molecule has 6 aliphatic rings. The van der Waals surface area contributed by atoms with Crippen LogP contribution in [0.15, 0.2) is 24.3 Å². The van der Waals surface area contributed by atoms with E-state index in [1.165, 1.54) is 88.4 Å². The highest BCUT2D eigenvalue weighted by atomic mass is 16.2. The second kappa shape index (κ2) is 34.0. The third-order valence-corrected chi connectivity index (χ3v) is 21.6. The Morgan fingerprint density at radius 2 is 1.18 bits per heavy atom. The molecular formula is C70H110N12O12. The van der Waals surface area contributed by atoms with Crippen molar-refractivity contribution in [2.24, 2.45) is 17.8 Å². The van der Waals surface area contributed by atoms with Crippen molar-refractivity contribution in [3.05, 3.63) is 35.4 Å². The van der Waals surface area contributed by atoms with Crippen LogP contribution in [0.1, 0.15) is 180 Å². The second-order valence-electron chi connectivity index (χ2n) is 28.4. The number of carbonyl (C=O) groups is 12. The lowest BCUT2D eigenvalue weighted by Crippen LogP contribution is -2.65. The van der Waals surface area contributed by atoms with Crippen molar-refractivity contribution in [3.63, 3.8) is 0 Å². The van der Waals surface area contributed by atoms with Gasteiger partial charge in [-0.1, -0.05) is 114 Å². The number of carbonyl (C=O) groups excluding carboxylic acids is 12. The Labute approximate surface area is 557 Å². The van der Waals surface area contributed by atoms with Gasteiger partial charge >= 0.3 is 0 Å². The molecule has 94 heavy (non-hydrogen) atoms. The van der Waals surface area contributed by atoms with Gasteiger partial charge in [-0.3, -0.25) is 57.5 Å². The first-order valence-electron chi connectivity index (χ1n) is 35.0. The standard InChI is InChI=1S/C70H110N12O12/c1-12-47(3)60-67(92)76(7)44-58(85)74(5)45-59(86)78(9)54(41-50-25-16-13-17-26-50)65(90)75(6)43-56(83)71-52(35-34-49-32-30-46(2)31-33-49)64(89)82-40-24-29-53(82)63(88)73-70(36-20-21-37-70)69(94)80(11)61(51-27-18-14-19-28-51)68(93)79(10)55(66(91)81-38-22-15-23-39-81)42-57(84)77(8)48(4)62(87)72-60/h30-33,47-48,50-55,60-61H,12-29,34-45H2,1-11H3,(H,71,83)(H,72,87)(H,73,88)/t47-,48-,52-,53-,54-,55-,60-,61-/m0/s1. The number of piperidine rings is 1. The fraction of sp³-hybridized carbons (Fsp3) is 0.743. The lowest BCUT2D eigenvalue weighted by Gasteiger charge is -2.43. The summed E-state index contributed by atoms with van der Waals surface area (Å²) in [6.45, 7) is 6.70. The number of nitrogens with zero attached hydrogens (tertiary/aromatic N) is 9. The Bertz CT molecular complexity index is 2870. The average molecular weight is 1310 g/mol. The Morgan fingerprint density at radius 1 is 0.585 bits per heavy atom. The Kier molecular flexibility index (Phi) is 26.9. The number of nitrogens with one attached hydrogen (secondary N) is 3. The molecule has 8 atom stereocenters. The van der Waals surface area contributed by atoms with E-state index >= 15 is 19.2 Å². The van der Waals surface area contributed by atoms with Crippen LogP contribution >= 0.6 is 0 Å². The topological polar surface area (TPSA) is 270 Å². The summed E-state index contributed by atoms with van der Waals surface area (Å²) < 4.78 is 0. The molecule has 3 aliphatic carbocycles. The van der Waals surface area contributed by atoms with Gasteiger partial charge < -0.3 is 60.0 Å². The van der Waals surface area contributed by atoms with Gasteiger partial charge in [0.2, 0.25) is 70.9 Å². The zero-order chi connectivity index (χ0) is 68.7. The van der Waals surface area contributed by atoms with E-state index in [1.54, 1.807) is 18.9 Å². The summed E-state index contributed by atoms with van der Waals surface area (Å²) in [4.78, 5) is 190. The zero-order valence-corrected chi connectivity index (χ0v) is 58.2. The van der Waals surface area contributed by atoms with Gasteiger partial charge in [0.05, 0.1) is 26.1 Å². The minimum absolute atomic E-state index is 0.0989. The van der Waals surface area contributed by atoms with Crippen LogP contribution < -0.4 is 16.0 Å². The molecule has 24 nitrogen and oxygen atoms in total. The van der Waals surface area contributed by atoms with Gasteiger partial charge in [-0.15, -0.1) is 0 Å². The van der Waals surface area contributed by atoms with Crippen molar-refractivity contribution >= 4 is 70.9 Å². The van der Waals surface area contributed by atoms with Gasteiger partial charge in [0, 0.05) is 69.0 Å². The smallest absolute Gasteiger partial charge is 0.248 e. The van der Waals surface area contributed by atoms with E-state index in [9.17, 15) is 38.4 Å². The molecule has 3 heterocycles. The third kappa shape index (κ3) is 18.4. The third-order valence-electron chi connectivity index (χ3n) is 21.6. The monoisotopic (exact) mass is 1310 g/mol. The summed E-state index contributed by atoms with van der Waals surface area (Å²) in [7, 11) is 10.3. The first-order chi connectivity index (χ1) is 44.7. The van der Waals surface area contributed by atoms with Gasteiger partial charge in [-0.25, -0.2) is 0 Å². The van der Waals surface area contributed by atoms with Crippen LogP contribution in [0, 0.1) is 24.7 Å². The molecule has 1 spiro atoms. The summed E-state index contributed by atoms with van der Waals surface area (Å²) in [6, 6.07) is -0.146. The highest BCUT2D eigenvalue weighted by molar-refractivity contribution is 6.00. The maximum absolute atomic E-state index is 15.7. The van der Waals surface area contributed by atoms with Crippen molar-refractivity contribution in [2.75, 3.05) is 88.6 Å². The molecule has 3 saturated carbocycles. The van der Waals surface area contributed by atoms with Crippen LogP contribution in [0.2, 0.25) is 0 Å². The fourth-order valence-corrected chi connectivity index (χ4v) is 15.0. The molecule has 1 aromatic carbocycles. The molecule has 3 N–H and O–H groups in total. The highest BCUT2D eigenvalue weighted by Crippen LogP contribution is 2.37. The molecule has 3 saturated heterocycles. The molecule has 0 bridgehead atoms. The number of likely N-dealkylation sites (N-methyl/N-ethyl adjacent to an activating group) is 7. The lowest BCUT2D eigenvalue weighted by atomic mass is 9.81. The number of rotatable bonds is 9. The molecule has 0 radical (unpaired) electrons. The summed E-state index contributed by atoms with van der Waals surface area (Å²) in [5.74, 6) is -7.39. The lowest BCUT2D eigenvalue weighted by molar-refractivity contribution is -0.157. The average Bonchev–Trinajstić information content (AvgIpc) is 1.15. The summed E-state index contributed by atoms with van der Waals surface area (Å²) >= 11 is 0. The normalized spacial score (nSPS) is 27.6. The van der Waals surface area contributed by atoms with E-state index in [1.807, 2.05) is 38.1 Å². The van der Waals surface area contributed by atoms with E-state index in [4.69, 9.17) is 0 Å². The van der Waals surface area contributed by atoms with Crippen molar-refractivity contribution in [1.29, 1.82) is 0 Å². The van der Waals surface area contributed by atoms with E-state index in [2.05, 4.69) is 16.0 Å². The molecule has 0 aromatic heterocycles. The van der Waals surface area contributed by atoms with Crippen LogP contribution in [0.4, 0.5) is 0 Å². The van der Waals surface area contributed by atoms with Crippen molar-refractivity contribution < 1.29 is 57.5 Å². The molecule has 3 aliphatic heterocycles. The summed E-state index contributed by atoms with van der Waals surface area (Å²) in [5, 5.41) is 8.94. The first kappa shape index (κ1) is 74.3. The van der Waals surface area contributed by atoms with Gasteiger partial charge in [-0.05, 0) is 114 Å². The molecule has 6 fully saturated rings. The van der Waals surface area contributed by atoms with Crippen molar-refractivity contribution in [3.8, 4) is 0 Å². The second-order valence-corrected chi connectivity index (χ2v) is 28.4. The molecule has 0 unspecified atom stereocenters. The molecule has 522 valence electrons. The summed E-state index contributed by atoms with van der Waals surface area (Å²) in [6.07, 6.45) is 14.0. The van der Waals surface area contributed by atoms with Crippen LogP contribution in [-0.4, -0.2) is 251 Å². The van der Waals surface area contributed by atoms with E-state index < -0.39 is 151 Å². The molecule has 24 heteroatoms. The number of hydrogen-bond donors (Lipinski definition) is 3. The van der Waals surface area contributed by atoms with Crippen LogP contribution in [-0.2, 0) is 64.0 Å². The minimum atomic E-state index is -1.46. The number of fused-ring (bicyclic) bond motifs is 1. The van der Waals surface area contributed by atoms with Gasteiger partial charge in [0.25, 0.3) is 0 Å².